The maximum atomic E-state index is 5.76. The summed E-state index contributed by atoms with van der Waals surface area (Å²) in [7, 11) is 2.15. The van der Waals surface area contributed by atoms with Gasteiger partial charge in [-0.2, -0.15) is 4.98 Å². The number of aromatic nitrogens is 2. The van der Waals surface area contributed by atoms with Gasteiger partial charge in [-0.15, -0.1) is 0 Å². The van der Waals surface area contributed by atoms with Gasteiger partial charge in [-0.3, -0.25) is 0 Å². The van der Waals surface area contributed by atoms with E-state index in [1.807, 2.05) is 0 Å². The fourth-order valence-electron chi connectivity index (χ4n) is 2.13. The average molecular weight is 257 g/mol. The number of rotatable bonds is 4. The van der Waals surface area contributed by atoms with Crippen LogP contribution in [-0.2, 0) is 0 Å². The van der Waals surface area contributed by atoms with E-state index in [9.17, 15) is 0 Å². The lowest BCUT2D eigenvalue weighted by atomic mass is 10.1. The van der Waals surface area contributed by atoms with Gasteiger partial charge in [0.05, 0.1) is 6.61 Å². The summed E-state index contributed by atoms with van der Waals surface area (Å²) in [6.07, 6.45) is 3.51. The minimum absolute atomic E-state index is 0.144. The van der Waals surface area contributed by atoms with Crippen molar-refractivity contribution in [1.29, 1.82) is 0 Å². The van der Waals surface area contributed by atoms with E-state index in [2.05, 4.69) is 21.9 Å². The van der Waals surface area contributed by atoms with E-state index in [1.165, 1.54) is 19.4 Å². The lowest BCUT2D eigenvalue weighted by Gasteiger charge is -2.19. The van der Waals surface area contributed by atoms with Crippen molar-refractivity contribution in [3.8, 4) is 5.88 Å². The summed E-state index contributed by atoms with van der Waals surface area (Å²) < 4.78 is 5.54. The number of likely N-dealkylation sites (tertiary alicyclic amines) is 1. The Morgan fingerprint density at radius 2 is 2.41 bits per heavy atom. The number of nitrogens with two attached hydrogens (primary N) is 1. The molecule has 0 radical (unpaired) electrons. The Hall–Kier alpha value is -1.07. The maximum Gasteiger partial charge on any atom is 0.224 e. The first-order valence-corrected chi connectivity index (χ1v) is 6.16. The normalized spacial score (nSPS) is 20.7. The van der Waals surface area contributed by atoms with Gasteiger partial charge in [0.25, 0.3) is 0 Å². The van der Waals surface area contributed by atoms with Gasteiger partial charge < -0.3 is 15.4 Å². The molecule has 5 nitrogen and oxygen atoms in total. The van der Waals surface area contributed by atoms with E-state index in [4.69, 9.17) is 22.1 Å². The molecule has 6 heteroatoms. The number of ether oxygens (including phenoxy) is 1. The van der Waals surface area contributed by atoms with Crippen LogP contribution in [0.4, 0.5) is 5.95 Å². The van der Waals surface area contributed by atoms with Crippen LogP contribution in [0.3, 0.4) is 0 Å². The number of anilines is 1. The smallest absolute Gasteiger partial charge is 0.224 e. The molecule has 0 bridgehead atoms. The molecule has 2 rings (SSSR count). The Labute approximate surface area is 106 Å². The second kappa shape index (κ2) is 5.51. The highest BCUT2D eigenvalue weighted by atomic mass is 35.5. The fraction of sp³-hybridized carbons (Fsp3) is 0.636. The Morgan fingerprint density at radius 1 is 1.59 bits per heavy atom. The van der Waals surface area contributed by atoms with Gasteiger partial charge in [0.2, 0.25) is 11.8 Å². The standard InChI is InChI=1S/C11H17ClN4O/c1-16-5-2-3-8(16)4-6-17-10-7-9(12)14-11(13)15-10/h7-8H,2-6H2,1H3,(H2,13,14,15). The lowest BCUT2D eigenvalue weighted by Crippen LogP contribution is -2.26. The zero-order valence-electron chi connectivity index (χ0n) is 9.90. The van der Waals surface area contributed by atoms with Crippen LogP contribution in [0.2, 0.25) is 5.15 Å². The Kier molecular flexibility index (Phi) is 4.02. The summed E-state index contributed by atoms with van der Waals surface area (Å²) in [5.74, 6) is 0.591. The Morgan fingerprint density at radius 3 is 3.06 bits per heavy atom. The quantitative estimate of drug-likeness (QED) is 0.829. The summed E-state index contributed by atoms with van der Waals surface area (Å²) in [4.78, 5) is 10.1. The van der Waals surface area contributed by atoms with Crippen LogP contribution in [-0.4, -0.2) is 41.1 Å². The van der Waals surface area contributed by atoms with Crippen LogP contribution in [0, 0.1) is 0 Å². The first kappa shape index (κ1) is 12.4. The second-order valence-corrected chi connectivity index (χ2v) is 4.69. The molecule has 0 amide bonds. The molecule has 0 spiro atoms. The first-order chi connectivity index (χ1) is 8.15. The monoisotopic (exact) mass is 256 g/mol. The number of halogens is 1. The van der Waals surface area contributed by atoms with Gasteiger partial charge >= 0.3 is 0 Å². The molecule has 17 heavy (non-hydrogen) atoms. The molecule has 0 aromatic carbocycles. The van der Waals surface area contributed by atoms with Crippen molar-refractivity contribution < 1.29 is 4.74 Å². The number of nitrogen functional groups attached to an aromatic ring is 1. The van der Waals surface area contributed by atoms with E-state index < -0.39 is 0 Å². The molecule has 0 saturated carbocycles. The molecular weight excluding hydrogens is 240 g/mol. The van der Waals surface area contributed by atoms with Gasteiger partial charge in [0.1, 0.15) is 5.15 Å². The molecule has 1 aromatic rings. The zero-order valence-corrected chi connectivity index (χ0v) is 10.7. The summed E-state index contributed by atoms with van der Waals surface area (Å²) >= 11 is 5.76. The van der Waals surface area contributed by atoms with Crippen molar-refractivity contribution in [2.45, 2.75) is 25.3 Å². The third-order valence-electron chi connectivity index (χ3n) is 3.06. The van der Waals surface area contributed by atoms with Gasteiger partial charge in [0, 0.05) is 12.1 Å². The molecule has 2 heterocycles. The van der Waals surface area contributed by atoms with E-state index >= 15 is 0 Å². The van der Waals surface area contributed by atoms with Crippen LogP contribution < -0.4 is 10.5 Å². The van der Waals surface area contributed by atoms with Crippen molar-refractivity contribution in [1.82, 2.24) is 14.9 Å². The summed E-state index contributed by atoms with van der Waals surface area (Å²) in [6.45, 7) is 1.80. The highest BCUT2D eigenvalue weighted by Crippen LogP contribution is 2.19. The molecular formula is C11H17ClN4O. The summed E-state index contributed by atoms with van der Waals surface area (Å²) in [5.41, 5.74) is 5.48. The highest BCUT2D eigenvalue weighted by molar-refractivity contribution is 6.29. The topological polar surface area (TPSA) is 64.3 Å². The third kappa shape index (κ3) is 3.44. The van der Waals surface area contributed by atoms with E-state index in [0.717, 1.165) is 6.42 Å². The van der Waals surface area contributed by atoms with Gasteiger partial charge in [-0.25, -0.2) is 4.98 Å². The SMILES string of the molecule is CN1CCCC1CCOc1cc(Cl)nc(N)n1. The second-order valence-electron chi connectivity index (χ2n) is 4.30. The van der Waals surface area contributed by atoms with E-state index in [-0.39, 0.29) is 5.95 Å². The molecule has 1 aromatic heterocycles. The maximum absolute atomic E-state index is 5.76. The molecule has 1 saturated heterocycles. The number of hydrogen-bond acceptors (Lipinski definition) is 5. The molecule has 1 aliphatic heterocycles. The molecule has 1 unspecified atom stereocenters. The molecule has 1 aliphatic rings. The molecule has 1 fully saturated rings. The van der Waals surface area contributed by atoms with Crippen LogP contribution >= 0.6 is 11.6 Å². The predicted octanol–water partition coefficient (Wildman–Crippen LogP) is 1.58. The molecule has 0 aliphatic carbocycles. The fourth-order valence-corrected chi connectivity index (χ4v) is 2.31. The average Bonchev–Trinajstić information content (AvgIpc) is 2.63. The number of nitrogens with zero attached hydrogens (tertiary/aromatic N) is 3. The largest absolute Gasteiger partial charge is 0.477 e. The van der Waals surface area contributed by atoms with Crippen molar-refractivity contribution in [3.63, 3.8) is 0 Å². The van der Waals surface area contributed by atoms with Gasteiger partial charge in [-0.05, 0) is 32.9 Å². The highest BCUT2D eigenvalue weighted by Gasteiger charge is 2.20. The first-order valence-electron chi connectivity index (χ1n) is 5.78. The third-order valence-corrected chi connectivity index (χ3v) is 3.25. The molecule has 1 atom stereocenters. The van der Waals surface area contributed by atoms with Crippen LogP contribution in [0.5, 0.6) is 5.88 Å². The van der Waals surface area contributed by atoms with Crippen LogP contribution in [0.25, 0.3) is 0 Å². The van der Waals surface area contributed by atoms with E-state index in [1.54, 1.807) is 6.07 Å². The molecule has 94 valence electrons. The zero-order chi connectivity index (χ0) is 12.3. The minimum Gasteiger partial charge on any atom is -0.477 e. The minimum atomic E-state index is 0.144. The van der Waals surface area contributed by atoms with Crippen molar-refractivity contribution >= 4 is 17.5 Å². The van der Waals surface area contributed by atoms with Crippen LogP contribution in [0.1, 0.15) is 19.3 Å². The van der Waals surface area contributed by atoms with Gasteiger partial charge in [0.15, 0.2) is 0 Å². The Bertz CT molecular complexity index is 367. The summed E-state index contributed by atoms with van der Waals surface area (Å²) in [6, 6.07) is 2.20. The molecule has 2 N–H and O–H groups in total. The predicted molar refractivity (Wildman–Crippen MR) is 67.2 cm³/mol. The van der Waals surface area contributed by atoms with Crippen molar-refractivity contribution in [2.75, 3.05) is 25.9 Å². The lowest BCUT2D eigenvalue weighted by molar-refractivity contribution is 0.228. The van der Waals surface area contributed by atoms with Crippen molar-refractivity contribution in [2.24, 2.45) is 0 Å². The van der Waals surface area contributed by atoms with Crippen molar-refractivity contribution in [3.05, 3.63) is 11.2 Å². The summed E-state index contributed by atoms with van der Waals surface area (Å²) in [5, 5.41) is 0.311. The van der Waals surface area contributed by atoms with Gasteiger partial charge in [-0.1, -0.05) is 11.6 Å². The Balaban J connectivity index is 1.81. The van der Waals surface area contributed by atoms with E-state index in [0.29, 0.717) is 23.7 Å². The number of hydrogen-bond donors (Lipinski definition) is 1. The van der Waals surface area contributed by atoms with Crippen LogP contribution in [0.15, 0.2) is 6.07 Å².